The molecular weight excluding hydrogens is 384 g/mol. The van der Waals surface area contributed by atoms with Crippen LogP contribution >= 0.6 is 0 Å². The van der Waals surface area contributed by atoms with Gasteiger partial charge in [0.1, 0.15) is 5.75 Å². The number of likely N-dealkylation sites (tertiary alicyclic amines) is 2. The molecule has 2 aromatic rings. The molecule has 31 heavy (non-hydrogen) atoms. The Morgan fingerprint density at radius 1 is 0.871 bits per heavy atom. The Kier molecular flexibility index (Phi) is 6.96. The summed E-state index contributed by atoms with van der Waals surface area (Å²) in [6.07, 6.45) is 5.90. The van der Waals surface area contributed by atoms with Gasteiger partial charge in [-0.25, -0.2) is 0 Å². The van der Waals surface area contributed by atoms with E-state index in [9.17, 15) is 4.79 Å². The Labute approximate surface area is 187 Å². The van der Waals surface area contributed by atoms with Crippen molar-refractivity contribution in [3.63, 3.8) is 0 Å². The highest BCUT2D eigenvalue weighted by Gasteiger charge is 2.27. The summed E-state index contributed by atoms with van der Waals surface area (Å²) in [5, 5.41) is 0. The zero-order valence-corrected chi connectivity index (χ0v) is 19.2. The van der Waals surface area contributed by atoms with Crippen LogP contribution in [0.25, 0.3) is 11.1 Å². The average Bonchev–Trinajstić information content (AvgIpc) is 3.36. The van der Waals surface area contributed by atoms with Crippen LogP contribution in [0.4, 0.5) is 0 Å². The lowest BCUT2D eigenvalue weighted by molar-refractivity contribution is 0.0747. The van der Waals surface area contributed by atoms with Gasteiger partial charge in [0.15, 0.2) is 0 Å². The van der Waals surface area contributed by atoms with Crippen molar-refractivity contribution in [1.29, 1.82) is 0 Å². The van der Waals surface area contributed by atoms with Crippen LogP contribution in [-0.2, 0) is 0 Å². The van der Waals surface area contributed by atoms with Gasteiger partial charge < -0.3 is 9.64 Å². The molecule has 0 spiro atoms. The third-order valence-electron chi connectivity index (χ3n) is 7.10. The summed E-state index contributed by atoms with van der Waals surface area (Å²) >= 11 is 0. The second kappa shape index (κ2) is 9.86. The Balaban J connectivity index is 1.28. The summed E-state index contributed by atoms with van der Waals surface area (Å²) in [6.45, 7) is 9.54. The maximum atomic E-state index is 12.7. The number of amides is 1. The molecule has 2 aliphatic rings. The minimum atomic E-state index is 0.151. The van der Waals surface area contributed by atoms with Crippen molar-refractivity contribution < 1.29 is 9.53 Å². The fourth-order valence-electron chi connectivity index (χ4n) is 5.08. The van der Waals surface area contributed by atoms with Crippen molar-refractivity contribution in [2.24, 2.45) is 0 Å². The highest BCUT2D eigenvalue weighted by molar-refractivity contribution is 5.95. The van der Waals surface area contributed by atoms with Crippen LogP contribution in [0.2, 0.25) is 0 Å². The number of benzene rings is 2. The van der Waals surface area contributed by atoms with Gasteiger partial charge in [-0.3, -0.25) is 9.69 Å². The van der Waals surface area contributed by atoms with Crippen LogP contribution in [-0.4, -0.2) is 53.5 Å². The Bertz CT molecular complexity index is 852. The van der Waals surface area contributed by atoms with Crippen molar-refractivity contribution in [1.82, 2.24) is 9.80 Å². The first-order valence-electron chi connectivity index (χ1n) is 11.9. The van der Waals surface area contributed by atoms with Gasteiger partial charge in [-0.05, 0) is 88.3 Å². The molecule has 3 atom stereocenters. The van der Waals surface area contributed by atoms with E-state index in [2.05, 4.69) is 37.8 Å². The molecular formula is C27H36N2O2. The molecule has 0 radical (unpaired) electrons. The minimum Gasteiger partial charge on any atom is -0.494 e. The van der Waals surface area contributed by atoms with E-state index in [-0.39, 0.29) is 5.91 Å². The lowest BCUT2D eigenvalue weighted by atomic mass is 10.0. The van der Waals surface area contributed by atoms with Crippen LogP contribution in [0.1, 0.15) is 63.2 Å². The lowest BCUT2D eigenvalue weighted by Gasteiger charge is -2.25. The quantitative estimate of drug-likeness (QED) is 0.545. The summed E-state index contributed by atoms with van der Waals surface area (Å²) in [5.74, 6) is 1.07. The third kappa shape index (κ3) is 5.12. The first kappa shape index (κ1) is 21.9. The van der Waals surface area contributed by atoms with Gasteiger partial charge in [0.25, 0.3) is 5.91 Å². The molecule has 4 heteroatoms. The van der Waals surface area contributed by atoms with Crippen LogP contribution < -0.4 is 4.74 Å². The second-order valence-corrected chi connectivity index (χ2v) is 9.31. The number of nitrogens with zero attached hydrogens (tertiary/aromatic N) is 2. The molecule has 2 fully saturated rings. The number of hydrogen-bond acceptors (Lipinski definition) is 3. The smallest absolute Gasteiger partial charge is 0.254 e. The molecule has 0 aliphatic carbocycles. The topological polar surface area (TPSA) is 32.8 Å². The van der Waals surface area contributed by atoms with Crippen LogP contribution in [0.3, 0.4) is 0 Å². The summed E-state index contributed by atoms with van der Waals surface area (Å²) in [6, 6.07) is 18.0. The van der Waals surface area contributed by atoms with Gasteiger partial charge in [-0.15, -0.1) is 0 Å². The first-order valence-corrected chi connectivity index (χ1v) is 11.9. The average molecular weight is 421 g/mol. The fourth-order valence-corrected chi connectivity index (χ4v) is 5.08. The maximum Gasteiger partial charge on any atom is 0.254 e. The summed E-state index contributed by atoms with van der Waals surface area (Å²) in [5.41, 5.74) is 3.04. The number of ether oxygens (including phenoxy) is 1. The molecule has 0 saturated carbocycles. The lowest BCUT2D eigenvalue weighted by Crippen LogP contribution is -2.34. The largest absolute Gasteiger partial charge is 0.494 e. The van der Waals surface area contributed by atoms with E-state index in [1.54, 1.807) is 0 Å². The standard InChI is InChI=1S/C27H36N2O2/c1-20-6-4-17-29(20)27(30)25-11-9-23(10-12-25)24-13-15-26(16-14-24)31-19-5-18-28-21(2)7-8-22(28)3/h9-16,20-22H,4-8,17-19H2,1-3H3. The predicted octanol–water partition coefficient (Wildman–Crippen LogP) is 5.62. The minimum absolute atomic E-state index is 0.151. The molecule has 3 unspecified atom stereocenters. The van der Waals surface area contributed by atoms with Crippen molar-refractivity contribution >= 4 is 5.91 Å². The molecule has 2 heterocycles. The van der Waals surface area contributed by atoms with Crippen molar-refractivity contribution in [2.45, 2.75) is 71.0 Å². The van der Waals surface area contributed by atoms with E-state index >= 15 is 0 Å². The summed E-state index contributed by atoms with van der Waals surface area (Å²) < 4.78 is 5.97. The molecule has 4 rings (SSSR count). The summed E-state index contributed by atoms with van der Waals surface area (Å²) in [7, 11) is 0. The molecule has 0 N–H and O–H groups in total. The van der Waals surface area contributed by atoms with Gasteiger partial charge in [0, 0.05) is 36.8 Å². The molecule has 166 valence electrons. The highest BCUT2D eigenvalue weighted by Crippen LogP contribution is 2.26. The van der Waals surface area contributed by atoms with Crippen LogP contribution in [0, 0.1) is 0 Å². The number of carbonyl (C=O) groups is 1. The number of carbonyl (C=O) groups excluding carboxylic acids is 1. The molecule has 0 aromatic heterocycles. The van der Waals surface area contributed by atoms with Gasteiger partial charge in [-0.2, -0.15) is 0 Å². The SMILES string of the molecule is CC1CCCN1C(=O)c1ccc(-c2ccc(OCCCN3C(C)CCC3C)cc2)cc1. The van der Waals surface area contributed by atoms with E-state index < -0.39 is 0 Å². The molecule has 2 aromatic carbocycles. The van der Waals surface area contributed by atoms with E-state index in [1.165, 1.54) is 12.8 Å². The summed E-state index contributed by atoms with van der Waals surface area (Å²) in [4.78, 5) is 17.3. The van der Waals surface area contributed by atoms with E-state index in [1.807, 2.05) is 41.3 Å². The molecule has 0 bridgehead atoms. The van der Waals surface area contributed by atoms with Gasteiger partial charge in [0.05, 0.1) is 6.61 Å². The Morgan fingerprint density at radius 3 is 2.06 bits per heavy atom. The number of rotatable bonds is 7. The second-order valence-electron chi connectivity index (χ2n) is 9.31. The van der Waals surface area contributed by atoms with Gasteiger partial charge in [-0.1, -0.05) is 24.3 Å². The maximum absolute atomic E-state index is 12.7. The molecule has 4 nitrogen and oxygen atoms in total. The highest BCUT2D eigenvalue weighted by atomic mass is 16.5. The van der Waals surface area contributed by atoms with E-state index in [4.69, 9.17) is 4.74 Å². The third-order valence-corrected chi connectivity index (χ3v) is 7.10. The molecule has 2 saturated heterocycles. The normalized spacial score (nSPS) is 24.0. The number of hydrogen-bond donors (Lipinski definition) is 0. The van der Waals surface area contributed by atoms with Crippen LogP contribution in [0.15, 0.2) is 48.5 Å². The van der Waals surface area contributed by atoms with Crippen molar-refractivity contribution in [3.05, 3.63) is 54.1 Å². The zero-order chi connectivity index (χ0) is 21.8. The predicted molar refractivity (Wildman–Crippen MR) is 127 cm³/mol. The van der Waals surface area contributed by atoms with Gasteiger partial charge in [0.2, 0.25) is 0 Å². The van der Waals surface area contributed by atoms with Crippen LogP contribution in [0.5, 0.6) is 5.75 Å². The Morgan fingerprint density at radius 2 is 1.48 bits per heavy atom. The van der Waals surface area contributed by atoms with E-state index in [0.717, 1.165) is 61.4 Å². The molecule has 1 amide bonds. The fraction of sp³-hybridized carbons (Fsp3) is 0.519. The zero-order valence-electron chi connectivity index (χ0n) is 19.2. The molecule has 2 aliphatic heterocycles. The Hall–Kier alpha value is -2.33. The van der Waals surface area contributed by atoms with Crippen molar-refractivity contribution in [3.8, 4) is 16.9 Å². The first-order chi connectivity index (χ1) is 15.0. The monoisotopic (exact) mass is 420 g/mol. The van der Waals surface area contributed by atoms with Crippen molar-refractivity contribution in [2.75, 3.05) is 19.7 Å². The van der Waals surface area contributed by atoms with Gasteiger partial charge >= 0.3 is 0 Å². The van der Waals surface area contributed by atoms with E-state index in [0.29, 0.717) is 18.1 Å².